The van der Waals surface area contributed by atoms with Crippen molar-refractivity contribution in [3.05, 3.63) is 240 Å². The summed E-state index contributed by atoms with van der Waals surface area (Å²) < 4.78 is 42.3. The molecule has 6 nitrogen and oxygen atoms in total. The van der Waals surface area contributed by atoms with E-state index in [0.717, 1.165) is 33.4 Å². The zero-order valence-electron chi connectivity index (χ0n) is 37.2. The molecule has 0 saturated carbocycles. The van der Waals surface area contributed by atoms with Gasteiger partial charge in [-0.15, -0.1) is 0 Å². The minimum atomic E-state index is -2.82. The predicted molar refractivity (Wildman–Crippen MR) is 258 cm³/mol. The van der Waals surface area contributed by atoms with Crippen LogP contribution in [0.25, 0.3) is 0 Å². The molecule has 0 N–H and O–H groups in total. The highest BCUT2D eigenvalue weighted by Crippen LogP contribution is 2.40. The van der Waals surface area contributed by atoms with E-state index in [1.165, 1.54) is 10.4 Å². The van der Waals surface area contributed by atoms with Gasteiger partial charge in [-0.3, -0.25) is 0 Å². The van der Waals surface area contributed by atoms with E-state index in [0.29, 0.717) is 33.0 Å². The number of hydrogen-bond acceptors (Lipinski definition) is 6. The van der Waals surface area contributed by atoms with E-state index in [-0.39, 0.29) is 11.6 Å². The summed E-state index contributed by atoms with van der Waals surface area (Å²) in [6.07, 6.45) is -2.64. The van der Waals surface area contributed by atoms with E-state index in [1.807, 2.05) is 72.8 Å². The van der Waals surface area contributed by atoms with Crippen molar-refractivity contribution in [2.75, 3.05) is 6.61 Å². The molecule has 0 aliphatic carbocycles. The van der Waals surface area contributed by atoms with Gasteiger partial charge in [-0.25, -0.2) is 0 Å². The van der Waals surface area contributed by atoms with Crippen LogP contribution < -0.4 is 10.4 Å². The average molecular weight is 869 g/mol. The fourth-order valence-corrected chi connectivity index (χ4v) is 13.4. The molecule has 1 heterocycles. The Kier molecular flexibility index (Phi) is 15.5. The molecule has 0 amide bonds. The average Bonchev–Trinajstić information content (AvgIpc) is 3.34. The van der Waals surface area contributed by atoms with Crippen molar-refractivity contribution in [2.24, 2.45) is 0 Å². The molecule has 7 aromatic rings. The van der Waals surface area contributed by atoms with Crippen molar-refractivity contribution < 1.29 is 28.1 Å². The minimum absolute atomic E-state index is 0.165. The van der Waals surface area contributed by atoms with Crippen molar-refractivity contribution >= 4 is 18.7 Å². The van der Waals surface area contributed by atoms with E-state index >= 15 is 0 Å². The van der Waals surface area contributed by atoms with Gasteiger partial charge in [0.05, 0.1) is 39.6 Å². The van der Waals surface area contributed by atoms with E-state index in [2.05, 4.69) is 154 Å². The molecule has 1 saturated heterocycles. The van der Waals surface area contributed by atoms with E-state index in [9.17, 15) is 0 Å². The Morgan fingerprint density at radius 1 is 0.422 bits per heavy atom. The molecule has 0 spiro atoms. The van der Waals surface area contributed by atoms with Crippen LogP contribution in [0.3, 0.4) is 0 Å². The molecule has 0 radical (unpaired) electrons. The summed E-state index contributed by atoms with van der Waals surface area (Å²) in [7, 11) is -2.82. The van der Waals surface area contributed by atoms with Gasteiger partial charge >= 0.3 is 0 Å². The molecule has 0 unspecified atom stereocenters. The van der Waals surface area contributed by atoms with Crippen molar-refractivity contribution in [2.45, 2.75) is 89.4 Å². The normalized spacial score (nSPS) is 19.0. The Balaban J connectivity index is 1.16. The first-order chi connectivity index (χ1) is 31.4. The van der Waals surface area contributed by atoms with Gasteiger partial charge in [0.2, 0.25) is 0 Å². The van der Waals surface area contributed by atoms with E-state index < -0.39 is 38.8 Å². The molecule has 5 atom stereocenters. The molecule has 1 aliphatic rings. The standard InChI is InChI=1S/C57H60O6Si/c1-57(2,3)64(50-33-18-8-19-34-50,51-35-20-9-21-36-51)62-42-48-31-22-32-49(37-48)53-55(60-40-46-27-14-6-15-28-46)56(61-41-47-29-16-7-17-30-47)54(59-39-45-25-12-5-13-26-45)52(63-53)43-58-38-44-23-10-4-11-24-44/h4-37,52-56H,38-43H2,1-3H3/t52-,53+,54-,55+,56+/m1/s1. The van der Waals surface area contributed by atoms with Gasteiger partial charge < -0.3 is 28.1 Å². The summed E-state index contributed by atoms with van der Waals surface area (Å²) in [5.41, 5.74) is 6.30. The molecule has 7 heteroatoms. The predicted octanol–water partition coefficient (Wildman–Crippen LogP) is 11.2. The van der Waals surface area contributed by atoms with Gasteiger partial charge in [-0.05, 0) is 48.8 Å². The monoisotopic (exact) mass is 868 g/mol. The third-order valence-electron chi connectivity index (χ3n) is 12.0. The highest BCUT2D eigenvalue weighted by atomic mass is 28.4. The number of rotatable bonds is 19. The quantitative estimate of drug-likeness (QED) is 0.0755. The van der Waals surface area contributed by atoms with Crippen molar-refractivity contribution in [3.63, 3.8) is 0 Å². The Bertz CT molecular complexity index is 2370. The Morgan fingerprint density at radius 2 is 0.828 bits per heavy atom. The van der Waals surface area contributed by atoms with Gasteiger partial charge in [0.25, 0.3) is 8.32 Å². The molecule has 64 heavy (non-hydrogen) atoms. The summed E-state index contributed by atoms with van der Waals surface area (Å²) in [6, 6.07) is 71.3. The summed E-state index contributed by atoms with van der Waals surface area (Å²) in [5, 5.41) is 2.32. The highest BCUT2D eigenvalue weighted by molar-refractivity contribution is 6.99. The third kappa shape index (κ3) is 11.2. The van der Waals surface area contributed by atoms with Crippen LogP contribution in [0.15, 0.2) is 206 Å². The fraction of sp³-hybridized carbons (Fsp3) is 0.263. The van der Waals surface area contributed by atoms with Crippen LogP contribution in [0.1, 0.15) is 60.3 Å². The van der Waals surface area contributed by atoms with Crippen molar-refractivity contribution in [1.29, 1.82) is 0 Å². The molecular formula is C57H60O6Si. The Labute approximate surface area is 380 Å². The second kappa shape index (κ2) is 21.9. The molecule has 0 bridgehead atoms. The number of hydrogen-bond donors (Lipinski definition) is 0. The first-order valence-corrected chi connectivity index (χ1v) is 24.4. The van der Waals surface area contributed by atoms with Gasteiger partial charge in [0.1, 0.15) is 30.5 Å². The van der Waals surface area contributed by atoms with Crippen LogP contribution in [0.2, 0.25) is 5.04 Å². The zero-order valence-corrected chi connectivity index (χ0v) is 38.2. The van der Waals surface area contributed by atoms with Crippen LogP contribution in [-0.4, -0.2) is 39.3 Å². The smallest absolute Gasteiger partial charge is 0.261 e. The Hall–Kier alpha value is -5.48. The summed E-state index contributed by atoms with van der Waals surface area (Å²) >= 11 is 0. The lowest BCUT2D eigenvalue weighted by atomic mass is 9.89. The third-order valence-corrected chi connectivity index (χ3v) is 17.0. The van der Waals surface area contributed by atoms with Crippen LogP contribution in [0, 0.1) is 0 Å². The number of benzene rings is 7. The van der Waals surface area contributed by atoms with Crippen LogP contribution >= 0.6 is 0 Å². The second-order valence-corrected chi connectivity index (χ2v) is 21.9. The molecular weight excluding hydrogens is 809 g/mol. The van der Waals surface area contributed by atoms with Crippen LogP contribution in [0.5, 0.6) is 0 Å². The maximum atomic E-state index is 7.45. The van der Waals surface area contributed by atoms with Crippen LogP contribution in [0.4, 0.5) is 0 Å². The van der Waals surface area contributed by atoms with E-state index in [1.54, 1.807) is 0 Å². The largest absolute Gasteiger partial charge is 0.403 e. The molecule has 328 valence electrons. The lowest BCUT2D eigenvalue weighted by Crippen LogP contribution is -2.66. The summed E-state index contributed by atoms with van der Waals surface area (Å²) in [6.45, 7) is 9.20. The van der Waals surface area contributed by atoms with Gasteiger partial charge in [0.15, 0.2) is 0 Å². The molecule has 7 aromatic carbocycles. The van der Waals surface area contributed by atoms with Gasteiger partial charge in [-0.1, -0.05) is 227 Å². The molecule has 1 aliphatic heterocycles. The lowest BCUT2D eigenvalue weighted by molar-refractivity contribution is -0.275. The minimum Gasteiger partial charge on any atom is -0.403 e. The SMILES string of the molecule is CC(C)(C)[Si](OCc1cccc([C@@H]2O[C@H](COCc3ccccc3)[C@@H](OCc3ccccc3)[C@H](OCc3ccccc3)[C@H]2OCc2ccccc2)c1)(c1ccccc1)c1ccccc1. The topological polar surface area (TPSA) is 55.4 Å². The first-order valence-electron chi connectivity index (χ1n) is 22.4. The van der Waals surface area contributed by atoms with E-state index in [4.69, 9.17) is 28.1 Å². The first kappa shape index (κ1) is 45.1. The maximum Gasteiger partial charge on any atom is 0.261 e. The highest BCUT2D eigenvalue weighted by Gasteiger charge is 2.51. The Morgan fingerprint density at radius 3 is 1.30 bits per heavy atom. The second-order valence-electron chi connectivity index (χ2n) is 17.6. The van der Waals surface area contributed by atoms with Crippen LogP contribution in [-0.2, 0) is 61.1 Å². The zero-order chi connectivity index (χ0) is 44.0. The molecule has 1 fully saturated rings. The summed E-state index contributed by atoms with van der Waals surface area (Å²) in [5.74, 6) is 0. The van der Waals surface area contributed by atoms with Gasteiger partial charge in [-0.2, -0.15) is 0 Å². The molecule has 8 rings (SSSR count). The number of ether oxygens (including phenoxy) is 5. The fourth-order valence-electron chi connectivity index (χ4n) is 8.87. The maximum absolute atomic E-state index is 7.45. The van der Waals surface area contributed by atoms with Crippen molar-refractivity contribution in [1.82, 2.24) is 0 Å². The van der Waals surface area contributed by atoms with Gasteiger partial charge in [0, 0.05) is 0 Å². The molecule has 0 aromatic heterocycles. The lowest BCUT2D eigenvalue weighted by Gasteiger charge is -2.46. The summed E-state index contributed by atoms with van der Waals surface area (Å²) in [4.78, 5) is 0. The van der Waals surface area contributed by atoms with Crippen molar-refractivity contribution in [3.8, 4) is 0 Å².